The summed E-state index contributed by atoms with van der Waals surface area (Å²) in [6.45, 7) is 2.82. The van der Waals surface area contributed by atoms with E-state index in [1.807, 2.05) is 36.5 Å². The van der Waals surface area contributed by atoms with Crippen molar-refractivity contribution in [3.8, 4) is 5.69 Å². The van der Waals surface area contributed by atoms with Gasteiger partial charge in [0.05, 0.1) is 24.5 Å². The Hall–Kier alpha value is -2.40. The van der Waals surface area contributed by atoms with Crippen molar-refractivity contribution in [1.29, 1.82) is 0 Å². The number of hydrogen-bond donors (Lipinski definition) is 1. The van der Waals surface area contributed by atoms with Gasteiger partial charge in [-0.3, -0.25) is 4.79 Å². The van der Waals surface area contributed by atoms with E-state index in [-0.39, 0.29) is 18.6 Å². The van der Waals surface area contributed by atoms with Crippen LogP contribution in [0, 0.1) is 5.92 Å². The minimum atomic E-state index is -0.0806. The average molecular weight is 325 g/mol. The van der Waals surface area contributed by atoms with Crippen LogP contribution in [0.3, 0.4) is 0 Å². The topological polar surface area (TPSA) is 58.4 Å². The third kappa shape index (κ3) is 3.57. The lowest BCUT2D eigenvalue weighted by Gasteiger charge is -2.38. The normalized spacial score (nSPS) is 21.3. The first-order valence-corrected chi connectivity index (χ1v) is 8.38. The molecule has 2 heterocycles. The van der Waals surface area contributed by atoms with Crippen LogP contribution in [-0.2, 0) is 4.79 Å². The Bertz CT molecular complexity index is 708. The van der Waals surface area contributed by atoms with Crippen LogP contribution in [0.2, 0.25) is 0 Å². The fourth-order valence-corrected chi connectivity index (χ4v) is 3.21. The van der Waals surface area contributed by atoms with Crippen LogP contribution in [0.4, 0.5) is 0 Å². The molecule has 126 valence electrons. The summed E-state index contributed by atoms with van der Waals surface area (Å²) in [5.41, 5.74) is 1.85. The summed E-state index contributed by atoms with van der Waals surface area (Å²) < 4.78 is 1.78. The zero-order valence-corrected chi connectivity index (χ0v) is 13.9. The molecular weight excluding hydrogens is 302 g/mol. The molecule has 5 nitrogen and oxygen atoms in total. The minimum absolute atomic E-state index is 0.0205. The molecule has 2 atom stereocenters. The van der Waals surface area contributed by atoms with Crippen LogP contribution >= 0.6 is 0 Å². The molecule has 1 amide bonds. The van der Waals surface area contributed by atoms with E-state index < -0.39 is 0 Å². The van der Waals surface area contributed by atoms with Crippen LogP contribution in [0.25, 0.3) is 11.8 Å². The average Bonchev–Trinajstić information content (AvgIpc) is 3.09. The van der Waals surface area contributed by atoms with Gasteiger partial charge in [0, 0.05) is 24.4 Å². The van der Waals surface area contributed by atoms with E-state index in [0.717, 1.165) is 24.1 Å². The summed E-state index contributed by atoms with van der Waals surface area (Å²) in [4.78, 5) is 14.2. The predicted octanol–water partition coefficient (Wildman–Crippen LogP) is 2.50. The van der Waals surface area contributed by atoms with Gasteiger partial charge in [0.2, 0.25) is 5.91 Å². The molecule has 1 aliphatic heterocycles. The van der Waals surface area contributed by atoms with Crippen molar-refractivity contribution in [1.82, 2.24) is 14.7 Å². The molecule has 1 N–H and O–H groups in total. The number of amides is 1. The number of hydrogen-bond acceptors (Lipinski definition) is 3. The number of carbonyl (C=O) groups is 1. The number of nitrogens with zero attached hydrogens (tertiary/aromatic N) is 3. The molecule has 0 aliphatic carbocycles. The number of aromatic nitrogens is 2. The van der Waals surface area contributed by atoms with Gasteiger partial charge in [-0.05, 0) is 37.0 Å². The molecule has 24 heavy (non-hydrogen) atoms. The van der Waals surface area contributed by atoms with Crippen molar-refractivity contribution in [2.24, 2.45) is 5.92 Å². The standard InChI is InChI=1S/C19H23N3O2/c1-15-6-5-11-21(18(15)14-23)19(24)10-9-16-12-20-22(13-16)17-7-3-2-4-8-17/h2-4,7-10,12-13,15,18,23H,5-6,11,14H2,1H3/b10-9+. The van der Waals surface area contributed by atoms with Gasteiger partial charge in [-0.2, -0.15) is 5.10 Å². The monoisotopic (exact) mass is 325 g/mol. The number of aliphatic hydroxyl groups is 1. The predicted molar refractivity (Wildman–Crippen MR) is 93.6 cm³/mol. The lowest BCUT2D eigenvalue weighted by Crippen LogP contribution is -2.49. The molecule has 1 aromatic carbocycles. The number of likely N-dealkylation sites (tertiary alicyclic amines) is 1. The summed E-state index contributed by atoms with van der Waals surface area (Å²) in [6.07, 6.45) is 9.03. The molecular formula is C19H23N3O2. The molecule has 1 aromatic heterocycles. The number of piperidine rings is 1. The molecule has 0 radical (unpaired) electrons. The van der Waals surface area contributed by atoms with E-state index in [0.29, 0.717) is 12.5 Å². The van der Waals surface area contributed by atoms with E-state index in [9.17, 15) is 9.90 Å². The van der Waals surface area contributed by atoms with Crippen molar-refractivity contribution >= 4 is 12.0 Å². The summed E-state index contributed by atoms with van der Waals surface area (Å²) in [5, 5.41) is 13.9. The first kappa shape index (κ1) is 16.5. The fraction of sp³-hybridized carbons (Fsp3) is 0.368. The quantitative estimate of drug-likeness (QED) is 0.879. The maximum atomic E-state index is 12.5. The number of carbonyl (C=O) groups excluding carboxylic acids is 1. The Labute approximate surface area is 142 Å². The van der Waals surface area contributed by atoms with Crippen LogP contribution in [-0.4, -0.2) is 44.9 Å². The maximum absolute atomic E-state index is 12.5. The van der Waals surface area contributed by atoms with Crippen LogP contribution in [0.1, 0.15) is 25.3 Å². The van der Waals surface area contributed by atoms with Gasteiger partial charge >= 0.3 is 0 Å². The zero-order chi connectivity index (χ0) is 16.9. The third-order valence-electron chi connectivity index (χ3n) is 4.63. The van der Waals surface area contributed by atoms with Crippen LogP contribution < -0.4 is 0 Å². The smallest absolute Gasteiger partial charge is 0.246 e. The van der Waals surface area contributed by atoms with E-state index in [2.05, 4.69) is 12.0 Å². The minimum Gasteiger partial charge on any atom is -0.394 e. The molecule has 1 aliphatic rings. The highest BCUT2D eigenvalue weighted by Crippen LogP contribution is 2.23. The molecule has 5 heteroatoms. The second kappa shape index (κ2) is 7.45. The van der Waals surface area contributed by atoms with Crippen molar-refractivity contribution in [3.63, 3.8) is 0 Å². The molecule has 0 saturated carbocycles. The molecule has 0 bridgehead atoms. The summed E-state index contributed by atoms with van der Waals surface area (Å²) >= 11 is 0. The number of aliphatic hydroxyl groups excluding tert-OH is 1. The van der Waals surface area contributed by atoms with E-state index in [1.54, 1.807) is 27.9 Å². The highest BCUT2D eigenvalue weighted by Gasteiger charge is 2.30. The Morgan fingerprint density at radius 1 is 1.38 bits per heavy atom. The van der Waals surface area contributed by atoms with Crippen LogP contribution in [0.5, 0.6) is 0 Å². The van der Waals surface area contributed by atoms with Crippen molar-refractivity contribution in [3.05, 3.63) is 54.4 Å². The molecule has 2 unspecified atom stereocenters. The first-order valence-electron chi connectivity index (χ1n) is 8.38. The second-order valence-corrected chi connectivity index (χ2v) is 6.29. The van der Waals surface area contributed by atoms with Gasteiger partial charge in [0.15, 0.2) is 0 Å². The van der Waals surface area contributed by atoms with Gasteiger partial charge in [-0.25, -0.2) is 4.68 Å². The third-order valence-corrected chi connectivity index (χ3v) is 4.63. The van der Waals surface area contributed by atoms with E-state index in [4.69, 9.17) is 0 Å². The zero-order valence-electron chi connectivity index (χ0n) is 13.9. The lowest BCUT2D eigenvalue weighted by molar-refractivity contribution is -0.132. The SMILES string of the molecule is CC1CCCN(C(=O)/C=C/c2cnn(-c3ccccc3)c2)C1CO. The summed E-state index contributed by atoms with van der Waals surface area (Å²) in [5.74, 6) is 0.287. The van der Waals surface area contributed by atoms with Crippen molar-refractivity contribution < 1.29 is 9.90 Å². The van der Waals surface area contributed by atoms with Crippen molar-refractivity contribution in [2.75, 3.05) is 13.2 Å². The molecule has 0 spiro atoms. The van der Waals surface area contributed by atoms with Gasteiger partial charge < -0.3 is 10.0 Å². The number of benzene rings is 1. The van der Waals surface area contributed by atoms with Gasteiger partial charge in [0.25, 0.3) is 0 Å². The first-order chi connectivity index (χ1) is 11.7. The Balaban J connectivity index is 1.69. The largest absolute Gasteiger partial charge is 0.394 e. The highest BCUT2D eigenvalue weighted by atomic mass is 16.3. The number of rotatable bonds is 4. The summed E-state index contributed by atoms with van der Waals surface area (Å²) in [6, 6.07) is 9.76. The Morgan fingerprint density at radius 3 is 2.92 bits per heavy atom. The fourth-order valence-electron chi connectivity index (χ4n) is 3.21. The maximum Gasteiger partial charge on any atom is 0.246 e. The Morgan fingerprint density at radius 2 is 2.17 bits per heavy atom. The lowest BCUT2D eigenvalue weighted by atomic mass is 9.91. The van der Waals surface area contributed by atoms with E-state index in [1.165, 1.54) is 0 Å². The van der Waals surface area contributed by atoms with E-state index >= 15 is 0 Å². The van der Waals surface area contributed by atoms with Crippen molar-refractivity contribution in [2.45, 2.75) is 25.8 Å². The second-order valence-electron chi connectivity index (χ2n) is 6.29. The van der Waals surface area contributed by atoms with Crippen LogP contribution in [0.15, 0.2) is 48.8 Å². The summed E-state index contributed by atoms with van der Waals surface area (Å²) in [7, 11) is 0. The highest BCUT2D eigenvalue weighted by molar-refractivity contribution is 5.92. The number of para-hydroxylation sites is 1. The van der Waals surface area contributed by atoms with Gasteiger partial charge in [-0.1, -0.05) is 25.1 Å². The van der Waals surface area contributed by atoms with Gasteiger partial charge in [-0.15, -0.1) is 0 Å². The Kier molecular flexibility index (Phi) is 5.11. The molecule has 3 rings (SSSR count). The van der Waals surface area contributed by atoms with Gasteiger partial charge in [0.1, 0.15) is 0 Å². The molecule has 2 aromatic rings. The molecule has 1 fully saturated rings. The molecule has 1 saturated heterocycles.